The highest BCUT2D eigenvalue weighted by Crippen LogP contribution is 2.09. The summed E-state index contributed by atoms with van der Waals surface area (Å²) in [5.41, 5.74) is 1.37. The van der Waals surface area contributed by atoms with E-state index in [1.807, 2.05) is 30.3 Å². The maximum Gasteiger partial charge on any atom is 0.119 e. The minimum Gasteiger partial charge on any atom is -0.493 e. The highest BCUT2D eigenvalue weighted by atomic mass is 16.5. The van der Waals surface area contributed by atoms with E-state index in [2.05, 4.69) is 19.9 Å². The van der Waals surface area contributed by atoms with Crippen molar-refractivity contribution in [2.24, 2.45) is 0 Å². The van der Waals surface area contributed by atoms with Crippen molar-refractivity contribution < 1.29 is 4.74 Å². The lowest BCUT2D eigenvalue weighted by Gasteiger charge is -2.05. The third-order valence-electron chi connectivity index (χ3n) is 2.00. The third kappa shape index (κ3) is 3.79. The molecule has 1 aromatic rings. The van der Waals surface area contributed by atoms with Crippen LogP contribution in [-0.4, -0.2) is 6.61 Å². The Kier molecular flexibility index (Phi) is 4.10. The van der Waals surface area contributed by atoms with Crippen LogP contribution in [0.3, 0.4) is 0 Å². The Morgan fingerprint density at radius 2 is 2.00 bits per heavy atom. The van der Waals surface area contributed by atoms with Crippen molar-refractivity contribution in [3.05, 3.63) is 42.0 Å². The van der Waals surface area contributed by atoms with Crippen molar-refractivity contribution >= 4 is 0 Å². The molecule has 0 aromatic heterocycles. The fourth-order valence-corrected chi connectivity index (χ4v) is 0.991. The molecular formula is C12H16O. The number of para-hydroxylation sites is 1. The summed E-state index contributed by atoms with van der Waals surface area (Å²) in [6.45, 7) is 4.94. The van der Waals surface area contributed by atoms with E-state index < -0.39 is 0 Å². The molecule has 0 bridgehead atoms. The second kappa shape index (κ2) is 5.41. The quantitative estimate of drug-likeness (QED) is 0.639. The van der Waals surface area contributed by atoms with Crippen molar-refractivity contribution in [1.29, 1.82) is 0 Å². The minimum atomic E-state index is 0.764. The van der Waals surface area contributed by atoms with Crippen LogP contribution < -0.4 is 4.74 Å². The average Bonchev–Trinajstić information content (AvgIpc) is 2.19. The molecule has 0 aliphatic rings. The topological polar surface area (TPSA) is 9.23 Å². The molecule has 0 spiro atoms. The average molecular weight is 176 g/mol. The molecule has 1 nitrogen and oxygen atoms in total. The van der Waals surface area contributed by atoms with Crippen LogP contribution in [0.2, 0.25) is 0 Å². The van der Waals surface area contributed by atoms with Gasteiger partial charge in [0.25, 0.3) is 0 Å². The number of ether oxygens (including phenoxy) is 1. The second-order valence-electron chi connectivity index (χ2n) is 3.05. The molecule has 70 valence electrons. The molecule has 0 amide bonds. The fraction of sp³-hybridized carbons (Fsp3) is 0.333. The normalized spacial score (nSPS) is 11.4. The third-order valence-corrected chi connectivity index (χ3v) is 2.00. The van der Waals surface area contributed by atoms with Crippen molar-refractivity contribution in [1.82, 2.24) is 0 Å². The Bertz CT molecular complexity index is 262. The lowest BCUT2D eigenvalue weighted by atomic mass is 10.2. The van der Waals surface area contributed by atoms with Gasteiger partial charge in [0.1, 0.15) is 5.75 Å². The van der Waals surface area contributed by atoms with Crippen LogP contribution in [0, 0.1) is 0 Å². The van der Waals surface area contributed by atoms with Gasteiger partial charge in [-0.15, -0.1) is 0 Å². The summed E-state index contributed by atoms with van der Waals surface area (Å²) in [7, 11) is 0. The van der Waals surface area contributed by atoms with Gasteiger partial charge >= 0.3 is 0 Å². The fourth-order valence-electron chi connectivity index (χ4n) is 0.991. The van der Waals surface area contributed by atoms with Crippen molar-refractivity contribution in [3.8, 4) is 5.75 Å². The molecular weight excluding hydrogens is 160 g/mol. The molecule has 0 saturated carbocycles. The van der Waals surface area contributed by atoms with Crippen LogP contribution in [0.25, 0.3) is 0 Å². The van der Waals surface area contributed by atoms with E-state index in [9.17, 15) is 0 Å². The van der Waals surface area contributed by atoms with E-state index in [4.69, 9.17) is 4.74 Å². The first-order chi connectivity index (χ1) is 6.33. The molecule has 0 atom stereocenters. The Hall–Kier alpha value is -1.24. The van der Waals surface area contributed by atoms with Gasteiger partial charge in [0, 0.05) is 6.42 Å². The number of benzene rings is 1. The van der Waals surface area contributed by atoms with E-state index in [0.717, 1.165) is 18.8 Å². The van der Waals surface area contributed by atoms with Crippen molar-refractivity contribution in [2.45, 2.75) is 20.3 Å². The van der Waals surface area contributed by atoms with Gasteiger partial charge in [0.15, 0.2) is 0 Å². The molecule has 0 radical (unpaired) electrons. The maximum atomic E-state index is 5.54. The van der Waals surface area contributed by atoms with Gasteiger partial charge in [0.2, 0.25) is 0 Å². The molecule has 0 saturated heterocycles. The van der Waals surface area contributed by atoms with Gasteiger partial charge in [-0.05, 0) is 26.0 Å². The Morgan fingerprint density at radius 1 is 1.31 bits per heavy atom. The zero-order chi connectivity index (χ0) is 9.52. The van der Waals surface area contributed by atoms with Crippen LogP contribution in [0.5, 0.6) is 5.75 Å². The van der Waals surface area contributed by atoms with E-state index in [1.54, 1.807) is 0 Å². The number of hydrogen-bond donors (Lipinski definition) is 0. The van der Waals surface area contributed by atoms with Gasteiger partial charge < -0.3 is 4.74 Å². The summed E-state index contributed by atoms with van der Waals surface area (Å²) in [6, 6.07) is 9.91. The lowest BCUT2D eigenvalue weighted by Crippen LogP contribution is -1.97. The van der Waals surface area contributed by atoms with Gasteiger partial charge in [-0.1, -0.05) is 29.8 Å². The Balaban J connectivity index is 2.28. The largest absolute Gasteiger partial charge is 0.493 e. The Morgan fingerprint density at radius 3 is 2.62 bits per heavy atom. The maximum absolute atomic E-state index is 5.54. The van der Waals surface area contributed by atoms with Crippen LogP contribution in [0.15, 0.2) is 42.0 Å². The first-order valence-electron chi connectivity index (χ1n) is 4.62. The summed E-state index contributed by atoms with van der Waals surface area (Å²) < 4.78 is 5.54. The predicted molar refractivity (Wildman–Crippen MR) is 56.0 cm³/mol. The summed E-state index contributed by atoms with van der Waals surface area (Å²) in [5, 5.41) is 0. The highest BCUT2D eigenvalue weighted by molar-refractivity contribution is 5.20. The second-order valence-corrected chi connectivity index (χ2v) is 3.05. The van der Waals surface area contributed by atoms with Gasteiger partial charge in [-0.3, -0.25) is 0 Å². The standard InChI is InChI=1S/C12H16O/c1-3-11(2)9-10-13-12-7-5-4-6-8-12/h3-8H,9-10H2,1-2H3. The first-order valence-corrected chi connectivity index (χ1v) is 4.62. The minimum absolute atomic E-state index is 0.764. The molecule has 0 aliphatic carbocycles. The van der Waals surface area contributed by atoms with E-state index in [-0.39, 0.29) is 0 Å². The number of allylic oxidation sites excluding steroid dienone is 1. The monoisotopic (exact) mass is 176 g/mol. The molecule has 0 unspecified atom stereocenters. The molecule has 1 heteroatoms. The molecule has 13 heavy (non-hydrogen) atoms. The highest BCUT2D eigenvalue weighted by Gasteiger charge is 1.91. The molecule has 0 fully saturated rings. The molecule has 1 aromatic carbocycles. The zero-order valence-electron chi connectivity index (χ0n) is 8.29. The molecule has 0 heterocycles. The van der Waals surface area contributed by atoms with Crippen LogP contribution in [0.1, 0.15) is 20.3 Å². The molecule has 0 N–H and O–H groups in total. The van der Waals surface area contributed by atoms with Crippen molar-refractivity contribution in [2.75, 3.05) is 6.61 Å². The summed E-state index contributed by atoms with van der Waals surface area (Å²) in [5.74, 6) is 0.950. The van der Waals surface area contributed by atoms with Crippen LogP contribution in [0.4, 0.5) is 0 Å². The van der Waals surface area contributed by atoms with Crippen LogP contribution in [-0.2, 0) is 0 Å². The number of rotatable bonds is 4. The Labute approximate surface area is 80.0 Å². The predicted octanol–water partition coefficient (Wildman–Crippen LogP) is 3.42. The smallest absolute Gasteiger partial charge is 0.119 e. The molecule has 1 rings (SSSR count). The van der Waals surface area contributed by atoms with Crippen molar-refractivity contribution in [3.63, 3.8) is 0 Å². The lowest BCUT2D eigenvalue weighted by molar-refractivity contribution is 0.321. The summed E-state index contributed by atoms with van der Waals surface area (Å²) >= 11 is 0. The zero-order valence-corrected chi connectivity index (χ0v) is 8.29. The van der Waals surface area contributed by atoms with Gasteiger partial charge in [0.05, 0.1) is 6.61 Å². The van der Waals surface area contributed by atoms with E-state index in [0.29, 0.717) is 0 Å². The summed E-state index contributed by atoms with van der Waals surface area (Å²) in [4.78, 5) is 0. The van der Waals surface area contributed by atoms with E-state index >= 15 is 0 Å². The number of hydrogen-bond acceptors (Lipinski definition) is 1. The first kappa shape index (κ1) is 9.85. The SMILES string of the molecule is CC=C(C)CCOc1ccccc1. The summed E-state index contributed by atoms with van der Waals surface area (Å²) in [6.07, 6.45) is 3.12. The van der Waals surface area contributed by atoms with Gasteiger partial charge in [-0.2, -0.15) is 0 Å². The van der Waals surface area contributed by atoms with Gasteiger partial charge in [-0.25, -0.2) is 0 Å². The van der Waals surface area contributed by atoms with E-state index in [1.165, 1.54) is 5.57 Å². The van der Waals surface area contributed by atoms with Crippen LogP contribution >= 0.6 is 0 Å². The molecule has 0 aliphatic heterocycles.